The van der Waals surface area contributed by atoms with Gasteiger partial charge in [0, 0.05) is 0 Å². The molecule has 0 saturated carbocycles. The molecule has 2 amide bonds. The Bertz CT molecular complexity index is 826. The third kappa shape index (κ3) is 4.27. The topological polar surface area (TPSA) is 177 Å². The van der Waals surface area contributed by atoms with Crippen LogP contribution in [0.2, 0.25) is 0 Å². The highest BCUT2D eigenvalue weighted by molar-refractivity contribution is 6.69. The molecule has 1 atom stereocenters. The SMILES string of the molecule is N#CCC(=O)NN=C1/C(=N\NC(=O)CC#N)C(=N)O[C@H]1c1ccco1. The second kappa shape index (κ2) is 8.03. The van der Waals surface area contributed by atoms with Gasteiger partial charge in [-0.05, 0) is 12.1 Å². The van der Waals surface area contributed by atoms with Crippen LogP contribution < -0.4 is 10.9 Å². The summed E-state index contributed by atoms with van der Waals surface area (Å²) in [6, 6.07) is 6.48. The Hall–Kier alpha value is -3.99. The van der Waals surface area contributed by atoms with Crippen LogP contribution in [0.25, 0.3) is 0 Å². The summed E-state index contributed by atoms with van der Waals surface area (Å²) in [6.07, 6.45) is -0.404. The molecule has 0 unspecified atom stereocenters. The highest BCUT2D eigenvalue weighted by Gasteiger charge is 2.39. The summed E-state index contributed by atoms with van der Waals surface area (Å²) in [5, 5.41) is 32.3. The van der Waals surface area contributed by atoms with Crippen molar-refractivity contribution in [3.05, 3.63) is 24.2 Å². The van der Waals surface area contributed by atoms with Gasteiger partial charge in [-0.15, -0.1) is 0 Å². The highest BCUT2D eigenvalue weighted by Crippen LogP contribution is 2.26. The van der Waals surface area contributed by atoms with Gasteiger partial charge in [-0.2, -0.15) is 20.7 Å². The van der Waals surface area contributed by atoms with Crippen LogP contribution in [-0.4, -0.2) is 29.1 Å². The number of carbonyl (C=O) groups is 2. The van der Waals surface area contributed by atoms with Gasteiger partial charge in [0.1, 0.15) is 18.6 Å². The predicted octanol–water partition coefficient (Wildman–Crippen LogP) is 0.0999. The van der Waals surface area contributed by atoms with Gasteiger partial charge in [0.15, 0.2) is 11.5 Å². The van der Waals surface area contributed by atoms with Crippen LogP contribution in [0.15, 0.2) is 33.0 Å². The molecule has 0 radical (unpaired) electrons. The number of furan rings is 1. The minimum absolute atomic E-state index is 0.00324. The van der Waals surface area contributed by atoms with Crippen molar-refractivity contribution in [3.63, 3.8) is 0 Å². The maximum Gasteiger partial charge on any atom is 0.254 e. The molecule has 1 aliphatic rings. The Morgan fingerprint density at radius 3 is 2.40 bits per heavy atom. The summed E-state index contributed by atoms with van der Waals surface area (Å²) in [5.74, 6) is -1.46. The molecule has 1 aromatic heterocycles. The fraction of sp³-hybridized carbons (Fsp3) is 0.214. The fourth-order valence-corrected chi connectivity index (χ4v) is 1.79. The molecule has 11 heteroatoms. The van der Waals surface area contributed by atoms with Crippen molar-refractivity contribution >= 4 is 29.1 Å². The zero-order valence-electron chi connectivity index (χ0n) is 12.6. The second-order valence-corrected chi connectivity index (χ2v) is 4.54. The summed E-state index contributed by atoms with van der Waals surface area (Å²) in [5.41, 5.74) is 4.09. The minimum Gasteiger partial charge on any atom is -0.465 e. The molecule has 126 valence electrons. The summed E-state index contributed by atoms with van der Waals surface area (Å²) in [6.45, 7) is 0. The lowest BCUT2D eigenvalue weighted by Crippen LogP contribution is -2.27. The van der Waals surface area contributed by atoms with Crippen molar-refractivity contribution in [2.45, 2.75) is 18.9 Å². The largest absolute Gasteiger partial charge is 0.465 e. The van der Waals surface area contributed by atoms with E-state index in [1.165, 1.54) is 6.26 Å². The summed E-state index contributed by atoms with van der Waals surface area (Å²) < 4.78 is 10.5. The van der Waals surface area contributed by atoms with E-state index < -0.39 is 36.7 Å². The maximum atomic E-state index is 11.4. The van der Waals surface area contributed by atoms with E-state index in [1.807, 2.05) is 0 Å². The number of ether oxygens (including phenoxy) is 1. The van der Waals surface area contributed by atoms with Gasteiger partial charge in [-0.25, -0.2) is 10.9 Å². The number of nitrogens with zero attached hydrogens (tertiary/aromatic N) is 4. The van der Waals surface area contributed by atoms with E-state index in [1.54, 1.807) is 24.3 Å². The van der Waals surface area contributed by atoms with Crippen LogP contribution >= 0.6 is 0 Å². The molecular formula is C14H11N7O4. The molecule has 2 rings (SSSR count). The van der Waals surface area contributed by atoms with E-state index in [2.05, 4.69) is 21.1 Å². The lowest BCUT2D eigenvalue weighted by Gasteiger charge is -2.06. The third-order valence-corrected chi connectivity index (χ3v) is 2.82. The summed E-state index contributed by atoms with van der Waals surface area (Å²) in [7, 11) is 0. The van der Waals surface area contributed by atoms with Crippen molar-refractivity contribution < 1.29 is 18.7 Å². The van der Waals surface area contributed by atoms with Gasteiger partial charge in [0.25, 0.3) is 11.8 Å². The van der Waals surface area contributed by atoms with Crippen LogP contribution in [0.3, 0.4) is 0 Å². The predicted molar refractivity (Wildman–Crippen MR) is 81.9 cm³/mol. The Labute approximate surface area is 141 Å². The molecule has 0 bridgehead atoms. The first-order chi connectivity index (χ1) is 12.1. The molecule has 11 nitrogen and oxygen atoms in total. The molecule has 0 aromatic carbocycles. The first-order valence-corrected chi connectivity index (χ1v) is 6.83. The van der Waals surface area contributed by atoms with E-state index in [0.717, 1.165) is 0 Å². The van der Waals surface area contributed by atoms with Gasteiger partial charge >= 0.3 is 0 Å². The van der Waals surface area contributed by atoms with Crippen molar-refractivity contribution in [3.8, 4) is 12.1 Å². The molecular weight excluding hydrogens is 330 g/mol. The third-order valence-electron chi connectivity index (χ3n) is 2.82. The number of hydrazone groups is 2. The Morgan fingerprint density at radius 2 is 1.84 bits per heavy atom. The van der Waals surface area contributed by atoms with Gasteiger partial charge in [0.05, 0.1) is 18.4 Å². The zero-order valence-corrected chi connectivity index (χ0v) is 12.6. The van der Waals surface area contributed by atoms with Crippen LogP contribution in [0.5, 0.6) is 0 Å². The number of carbonyl (C=O) groups excluding carboxylic acids is 2. The Balaban J connectivity index is 2.30. The number of nitrogens with one attached hydrogen (secondary N) is 3. The van der Waals surface area contributed by atoms with Gasteiger partial charge in [-0.1, -0.05) is 0 Å². The van der Waals surface area contributed by atoms with Gasteiger partial charge in [0.2, 0.25) is 12.0 Å². The molecule has 1 fully saturated rings. The average Bonchev–Trinajstić information content (AvgIpc) is 3.19. The molecule has 0 spiro atoms. The van der Waals surface area contributed by atoms with Crippen molar-refractivity contribution in [2.24, 2.45) is 10.2 Å². The van der Waals surface area contributed by atoms with Crippen molar-refractivity contribution in [2.75, 3.05) is 0 Å². The summed E-state index contributed by atoms with van der Waals surface area (Å²) in [4.78, 5) is 22.8. The lowest BCUT2D eigenvalue weighted by molar-refractivity contribution is -0.120. The quantitative estimate of drug-likeness (QED) is 0.639. The number of hydrogen-bond acceptors (Lipinski definition) is 9. The summed E-state index contributed by atoms with van der Waals surface area (Å²) >= 11 is 0. The Morgan fingerprint density at radius 1 is 1.20 bits per heavy atom. The number of amides is 2. The molecule has 25 heavy (non-hydrogen) atoms. The average molecular weight is 341 g/mol. The molecule has 2 heterocycles. The van der Waals surface area contributed by atoms with Gasteiger partial charge in [-0.3, -0.25) is 15.0 Å². The normalized spacial score (nSPS) is 19.1. The lowest BCUT2D eigenvalue weighted by atomic mass is 10.1. The van der Waals surface area contributed by atoms with Crippen molar-refractivity contribution in [1.82, 2.24) is 10.9 Å². The van der Waals surface area contributed by atoms with E-state index in [0.29, 0.717) is 5.76 Å². The minimum atomic E-state index is -0.962. The number of nitriles is 2. The first-order valence-electron chi connectivity index (χ1n) is 6.83. The van der Waals surface area contributed by atoms with Crippen LogP contribution in [0, 0.1) is 28.1 Å². The smallest absolute Gasteiger partial charge is 0.254 e. The molecule has 3 N–H and O–H groups in total. The highest BCUT2D eigenvalue weighted by atomic mass is 16.5. The number of hydrogen-bond donors (Lipinski definition) is 3. The zero-order chi connectivity index (χ0) is 18.2. The maximum absolute atomic E-state index is 11.4. The standard InChI is InChI=1S/C14H11N7O4/c15-5-3-9(22)18-20-11-12(21-19-10(23)4-6-16)14(17)25-13(11)8-2-1-7-24-8/h1-2,7,13,17H,3-4H2,(H,18,22)(H,19,23)/b17-14?,20-11?,21-12+/t13-/m0/s1. The fourth-order valence-electron chi connectivity index (χ4n) is 1.79. The van der Waals surface area contributed by atoms with E-state index in [9.17, 15) is 9.59 Å². The Kier molecular flexibility index (Phi) is 5.58. The van der Waals surface area contributed by atoms with Gasteiger partial charge < -0.3 is 9.15 Å². The van der Waals surface area contributed by atoms with E-state index in [-0.39, 0.29) is 11.4 Å². The first kappa shape index (κ1) is 17.4. The van der Waals surface area contributed by atoms with Crippen LogP contribution in [-0.2, 0) is 14.3 Å². The van der Waals surface area contributed by atoms with Crippen LogP contribution in [0.1, 0.15) is 24.7 Å². The molecule has 1 aliphatic heterocycles. The second-order valence-electron chi connectivity index (χ2n) is 4.54. The van der Waals surface area contributed by atoms with E-state index in [4.69, 9.17) is 25.1 Å². The van der Waals surface area contributed by atoms with Crippen LogP contribution in [0.4, 0.5) is 0 Å². The van der Waals surface area contributed by atoms with Crippen molar-refractivity contribution in [1.29, 1.82) is 15.9 Å². The molecule has 1 saturated heterocycles. The monoisotopic (exact) mass is 341 g/mol. The molecule has 0 aliphatic carbocycles. The number of rotatable bonds is 5. The van der Waals surface area contributed by atoms with E-state index >= 15 is 0 Å². The molecule has 1 aromatic rings.